The molecule has 132 valence electrons. The van der Waals surface area contributed by atoms with E-state index in [9.17, 15) is 4.79 Å². The number of benzene rings is 1. The van der Waals surface area contributed by atoms with Crippen molar-refractivity contribution in [2.45, 2.75) is 6.04 Å². The van der Waals surface area contributed by atoms with Crippen molar-refractivity contribution in [3.8, 4) is 11.5 Å². The van der Waals surface area contributed by atoms with E-state index in [1.807, 2.05) is 23.1 Å². The Kier molecular flexibility index (Phi) is 5.50. The van der Waals surface area contributed by atoms with Crippen molar-refractivity contribution in [3.05, 3.63) is 54.4 Å². The molecule has 0 aliphatic carbocycles. The maximum absolute atomic E-state index is 12.5. The molecule has 1 unspecified atom stereocenters. The lowest BCUT2D eigenvalue weighted by atomic mass is 10.0. The molecule has 1 aromatic carbocycles. The molecule has 2 heterocycles. The first-order chi connectivity index (χ1) is 12.2. The number of hydrogen-bond acceptors (Lipinski definition) is 5. The molecule has 25 heavy (non-hydrogen) atoms. The average Bonchev–Trinajstić information content (AvgIpc) is 2.67. The van der Waals surface area contributed by atoms with Gasteiger partial charge in [-0.05, 0) is 25.2 Å². The predicted molar refractivity (Wildman–Crippen MR) is 94.7 cm³/mol. The molecule has 1 atom stereocenters. The minimum atomic E-state index is -0.0168. The van der Waals surface area contributed by atoms with Crippen molar-refractivity contribution in [2.24, 2.45) is 0 Å². The van der Waals surface area contributed by atoms with Crippen LogP contribution in [0.5, 0.6) is 11.5 Å². The zero-order valence-corrected chi connectivity index (χ0v) is 14.6. The van der Waals surface area contributed by atoms with Gasteiger partial charge in [-0.25, -0.2) is 0 Å². The van der Waals surface area contributed by atoms with Gasteiger partial charge in [0.15, 0.2) is 6.61 Å². The van der Waals surface area contributed by atoms with Crippen molar-refractivity contribution < 1.29 is 14.3 Å². The number of hydrogen-bond donors (Lipinski definition) is 0. The maximum Gasteiger partial charge on any atom is 0.260 e. The highest BCUT2D eigenvalue weighted by Gasteiger charge is 2.30. The van der Waals surface area contributed by atoms with Crippen LogP contribution < -0.4 is 9.47 Å². The second-order valence-corrected chi connectivity index (χ2v) is 6.06. The van der Waals surface area contributed by atoms with Crippen LogP contribution in [-0.4, -0.2) is 61.1 Å². The largest absolute Gasteiger partial charge is 0.496 e. The van der Waals surface area contributed by atoms with Gasteiger partial charge in [-0.3, -0.25) is 14.7 Å². The molecule has 1 aliphatic rings. The van der Waals surface area contributed by atoms with E-state index in [2.05, 4.69) is 23.0 Å². The van der Waals surface area contributed by atoms with Crippen LogP contribution in [0.3, 0.4) is 0 Å². The number of para-hydroxylation sites is 1. The molecule has 6 nitrogen and oxygen atoms in total. The van der Waals surface area contributed by atoms with Gasteiger partial charge in [0.05, 0.1) is 19.3 Å². The van der Waals surface area contributed by atoms with E-state index in [1.54, 1.807) is 31.6 Å². The summed E-state index contributed by atoms with van der Waals surface area (Å²) in [4.78, 5) is 20.6. The Bertz CT molecular complexity index is 708. The molecule has 1 aliphatic heterocycles. The Balaban J connectivity index is 1.66. The van der Waals surface area contributed by atoms with Crippen molar-refractivity contribution in [2.75, 3.05) is 40.4 Å². The quantitative estimate of drug-likeness (QED) is 0.832. The van der Waals surface area contributed by atoms with E-state index in [0.717, 1.165) is 17.9 Å². The van der Waals surface area contributed by atoms with Crippen LogP contribution >= 0.6 is 0 Å². The van der Waals surface area contributed by atoms with Gasteiger partial charge in [0.1, 0.15) is 11.5 Å². The molecule has 1 fully saturated rings. The third kappa shape index (κ3) is 4.09. The van der Waals surface area contributed by atoms with Crippen LogP contribution in [0.25, 0.3) is 0 Å². The lowest BCUT2D eigenvalue weighted by Crippen LogP contribution is -2.50. The van der Waals surface area contributed by atoms with Crippen molar-refractivity contribution >= 4 is 5.91 Å². The van der Waals surface area contributed by atoms with Gasteiger partial charge in [0, 0.05) is 31.4 Å². The van der Waals surface area contributed by atoms with E-state index in [1.165, 1.54) is 0 Å². The summed E-state index contributed by atoms with van der Waals surface area (Å²) < 4.78 is 11.0. The van der Waals surface area contributed by atoms with E-state index < -0.39 is 0 Å². The third-order valence-corrected chi connectivity index (χ3v) is 4.50. The van der Waals surface area contributed by atoms with Gasteiger partial charge in [-0.2, -0.15) is 0 Å². The maximum atomic E-state index is 12.5. The Morgan fingerprint density at radius 1 is 1.24 bits per heavy atom. The molecule has 0 saturated carbocycles. The lowest BCUT2D eigenvalue weighted by molar-refractivity contribution is -0.136. The summed E-state index contributed by atoms with van der Waals surface area (Å²) in [6.45, 7) is 2.14. The first kappa shape index (κ1) is 17.2. The molecule has 2 aromatic rings. The zero-order chi connectivity index (χ0) is 17.6. The minimum Gasteiger partial charge on any atom is -0.496 e. The number of aromatic nitrogens is 1. The topological polar surface area (TPSA) is 54.9 Å². The van der Waals surface area contributed by atoms with Gasteiger partial charge < -0.3 is 14.4 Å². The normalized spacial score (nSPS) is 18.0. The van der Waals surface area contributed by atoms with Crippen LogP contribution in [0.4, 0.5) is 0 Å². The van der Waals surface area contributed by atoms with E-state index in [4.69, 9.17) is 9.47 Å². The van der Waals surface area contributed by atoms with Gasteiger partial charge in [0.25, 0.3) is 5.91 Å². The van der Waals surface area contributed by atoms with Gasteiger partial charge in [-0.15, -0.1) is 0 Å². The number of nitrogens with zero attached hydrogens (tertiary/aromatic N) is 3. The highest BCUT2D eigenvalue weighted by molar-refractivity contribution is 5.78. The third-order valence-electron chi connectivity index (χ3n) is 4.50. The number of ether oxygens (including phenoxy) is 2. The van der Waals surface area contributed by atoms with E-state index in [-0.39, 0.29) is 18.6 Å². The number of carbonyl (C=O) groups excluding carboxylic acids is 1. The molecule has 1 amide bonds. The zero-order valence-electron chi connectivity index (χ0n) is 14.6. The summed E-state index contributed by atoms with van der Waals surface area (Å²) in [7, 11) is 3.75. The van der Waals surface area contributed by atoms with E-state index in [0.29, 0.717) is 18.8 Å². The number of likely N-dealkylation sites (N-methyl/N-ethyl adjacent to an activating group) is 1. The molecule has 3 rings (SSSR count). The summed E-state index contributed by atoms with van der Waals surface area (Å²) in [5, 5.41) is 0. The molecule has 1 saturated heterocycles. The molecule has 0 radical (unpaired) electrons. The summed E-state index contributed by atoms with van der Waals surface area (Å²) in [6.07, 6.45) is 3.28. The fraction of sp³-hybridized carbons (Fsp3) is 0.368. The standard InChI is InChI=1S/C19H23N3O3/c1-21-10-11-22(19(23)14-25-15-6-5-9-20-12-15)13-17(21)16-7-3-4-8-18(16)24-2/h3-9,12,17H,10-11,13-14H2,1-2H3. The Labute approximate surface area is 148 Å². The van der Waals surface area contributed by atoms with Gasteiger partial charge in [0.2, 0.25) is 0 Å². The SMILES string of the molecule is COc1ccccc1C1CN(C(=O)COc2cccnc2)CCN1C. The summed E-state index contributed by atoms with van der Waals surface area (Å²) in [5.74, 6) is 1.43. The second-order valence-electron chi connectivity index (χ2n) is 6.06. The highest BCUT2D eigenvalue weighted by atomic mass is 16.5. The first-order valence-corrected chi connectivity index (χ1v) is 8.33. The first-order valence-electron chi connectivity index (χ1n) is 8.33. The average molecular weight is 341 g/mol. The molecule has 0 N–H and O–H groups in total. The van der Waals surface area contributed by atoms with Crippen LogP contribution in [0.1, 0.15) is 11.6 Å². The van der Waals surface area contributed by atoms with Crippen molar-refractivity contribution in [3.63, 3.8) is 0 Å². The summed E-state index contributed by atoms with van der Waals surface area (Å²) in [6, 6.07) is 11.6. The Morgan fingerprint density at radius 2 is 2.08 bits per heavy atom. The van der Waals surface area contributed by atoms with Crippen LogP contribution in [0.15, 0.2) is 48.8 Å². The van der Waals surface area contributed by atoms with Crippen LogP contribution in [0, 0.1) is 0 Å². The summed E-state index contributed by atoms with van der Waals surface area (Å²) in [5.41, 5.74) is 1.10. The highest BCUT2D eigenvalue weighted by Crippen LogP contribution is 2.31. The number of methoxy groups -OCH3 is 1. The Morgan fingerprint density at radius 3 is 2.84 bits per heavy atom. The lowest BCUT2D eigenvalue weighted by Gasteiger charge is -2.40. The van der Waals surface area contributed by atoms with Crippen LogP contribution in [0.2, 0.25) is 0 Å². The number of piperazine rings is 1. The number of pyridine rings is 1. The molecule has 6 heteroatoms. The monoisotopic (exact) mass is 341 g/mol. The van der Waals surface area contributed by atoms with Gasteiger partial charge in [-0.1, -0.05) is 18.2 Å². The number of carbonyl (C=O) groups is 1. The van der Waals surface area contributed by atoms with Crippen molar-refractivity contribution in [1.82, 2.24) is 14.8 Å². The minimum absolute atomic E-state index is 0.0168. The van der Waals surface area contributed by atoms with E-state index >= 15 is 0 Å². The molecular weight excluding hydrogens is 318 g/mol. The smallest absolute Gasteiger partial charge is 0.260 e. The summed E-state index contributed by atoms with van der Waals surface area (Å²) >= 11 is 0. The molecular formula is C19H23N3O3. The molecule has 0 bridgehead atoms. The fourth-order valence-electron chi connectivity index (χ4n) is 3.05. The second kappa shape index (κ2) is 7.98. The predicted octanol–water partition coefficient (Wildman–Crippen LogP) is 1.98. The number of rotatable bonds is 5. The van der Waals surface area contributed by atoms with Gasteiger partial charge >= 0.3 is 0 Å². The molecule has 0 spiro atoms. The van der Waals surface area contributed by atoms with Crippen LogP contribution in [-0.2, 0) is 4.79 Å². The van der Waals surface area contributed by atoms with Crippen molar-refractivity contribution in [1.29, 1.82) is 0 Å². The Hall–Kier alpha value is -2.60. The fourth-order valence-corrected chi connectivity index (χ4v) is 3.05. The number of amides is 1. The molecule has 1 aromatic heterocycles.